The highest BCUT2D eigenvalue weighted by molar-refractivity contribution is 5.91. The number of carbonyl (C=O) groups is 2. The third-order valence-electron chi connectivity index (χ3n) is 5.40. The zero-order valence-corrected chi connectivity index (χ0v) is 20.3. The van der Waals surface area contributed by atoms with Crippen LogP contribution < -0.4 is 19.5 Å². The number of aliphatic carboxylic acids is 1. The lowest BCUT2D eigenvalue weighted by atomic mass is 10.1. The maximum absolute atomic E-state index is 13.2. The summed E-state index contributed by atoms with van der Waals surface area (Å²) < 4.78 is 15.9. The first-order valence-electron chi connectivity index (χ1n) is 11.7. The van der Waals surface area contributed by atoms with E-state index in [1.807, 2.05) is 18.2 Å². The Hall–Kier alpha value is -3.42. The number of methoxy groups -OCH3 is 2. The fourth-order valence-corrected chi connectivity index (χ4v) is 3.52. The molecule has 2 N–H and O–H groups in total. The molecule has 0 aliphatic rings. The van der Waals surface area contributed by atoms with Gasteiger partial charge in [0.25, 0.3) is 0 Å². The van der Waals surface area contributed by atoms with Crippen LogP contribution in [0.25, 0.3) is 0 Å². The molecular formula is C26H36N2O6. The zero-order valence-electron chi connectivity index (χ0n) is 20.3. The topological polar surface area (TPSA) is 97.3 Å². The van der Waals surface area contributed by atoms with Gasteiger partial charge in [-0.1, -0.05) is 44.7 Å². The fourth-order valence-electron chi connectivity index (χ4n) is 3.52. The first kappa shape index (κ1) is 26.8. The van der Waals surface area contributed by atoms with Gasteiger partial charge in [-0.05, 0) is 42.7 Å². The molecule has 2 rings (SSSR count). The third kappa shape index (κ3) is 9.21. The van der Waals surface area contributed by atoms with Gasteiger partial charge < -0.3 is 29.5 Å². The number of urea groups is 1. The van der Waals surface area contributed by atoms with Gasteiger partial charge in [0.1, 0.15) is 17.2 Å². The number of benzene rings is 2. The molecule has 0 aliphatic carbocycles. The molecule has 2 aromatic carbocycles. The van der Waals surface area contributed by atoms with Gasteiger partial charge >= 0.3 is 12.0 Å². The van der Waals surface area contributed by atoms with Crippen molar-refractivity contribution < 1.29 is 28.9 Å². The molecule has 0 spiro atoms. The minimum absolute atomic E-state index is 0.197. The summed E-state index contributed by atoms with van der Waals surface area (Å²) in [7, 11) is 3.13. The molecule has 2 amide bonds. The minimum Gasteiger partial charge on any atom is -0.497 e. The molecule has 0 heterocycles. The standard InChI is InChI=1S/C26H36N2O6/c1-4-5-6-7-8-15-28(16-14-20-10-9-11-22(17-20)34-19-25(29)30)26(31)27-23-13-12-21(32-2)18-24(23)33-3/h9-13,17-18H,4-8,14-16,19H2,1-3H3,(H,27,31)(H,29,30). The van der Waals surface area contributed by atoms with Gasteiger partial charge in [-0.3, -0.25) is 0 Å². The summed E-state index contributed by atoms with van der Waals surface area (Å²) in [5.74, 6) is 0.648. The monoisotopic (exact) mass is 472 g/mol. The van der Waals surface area contributed by atoms with Crippen molar-refractivity contribution >= 4 is 17.7 Å². The number of nitrogens with one attached hydrogen (secondary N) is 1. The molecule has 34 heavy (non-hydrogen) atoms. The number of amides is 2. The molecular weight excluding hydrogens is 436 g/mol. The Morgan fingerprint density at radius 1 is 0.941 bits per heavy atom. The minimum atomic E-state index is -1.02. The average Bonchev–Trinajstić information content (AvgIpc) is 2.84. The smallest absolute Gasteiger partial charge is 0.341 e. The lowest BCUT2D eigenvalue weighted by Gasteiger charge is -2.24. The Bertz CT molecular complexity index is 918. The predicted molar refractivity (Wildman–Crippen MR) is 132 cm³/mol. The van der Waals surface area contributed by atoms with Gasteiger partial charge in [0, 0.05) is 19.2 Å². The maximum Gasteiger partial charge on any atom is 0.341 e. The Labute approximate surface area is 201 Å². The van der Waals surface area contributed by atoms with Crippen LogP contribution in [0.15, 0.2) is 42.5 Å². The van der Waals surface area contributed by atoms with Crippen molar-refractivity contribution in [2.24, 2.45) is 0 Å². The second-order valence-electron chi connectivity index (χ2n) is 7.98. The van der Waals surface area contributed by atoms with E-state index in [1.54, 1.807) is 43.4 Å². The second-order valence-corrected chi connectivity index (χ2v) is 7.98. The number of hydrogen-bond donors (Lipinski definition) is 2. The fraction of sp³-hybridized carbons (Fsp3) is 0.462. The van der Waals surface area contributed by atoms with E-state index in [-0.39, 0.29) is 12.6 Å². The number of carboxylic acids is 1. The molecule has 0 bridgehead atoms. The number of rotatable bonds is 15. The molecule has 0 aromatic heterocycles. The Kier molecular flexibility index (Phi) is 11.6. The van der Waals surface area contributed by atoms with E-state index in [4.69, 9.17) is 19.3 Å². The van der Waals surface area contributed by atoms with E-state index in [1.165, 1.54) is 12.8 Å². The lowest BCUT2D eigenvalue weighted by molar-refractivity contribution is -0.139. The normalized spacial score (nSPS) is 10.4. The highest BCUT2D eigenvalue weighted by Crippen LogP contribution is 2.29. The summed E-state index contributed by atoms with van der Waals surface area (Å²) in [6.45, 7) is 2.94. The van der Waals surface area contributed by atoms with Gasteiger partial charge in [-0.25, -0.2) is 9.59 Å². The number of carboxylic acid groups (broad SMARTS) is 1. The van der Waals surface area contributed by atoms with Gasteiger partial charge in [0.2, 0.25) is 0 Å². The van der Waals surface area contributed by atoms with Crippen LogP contribution in [0.4, 0.5) is 10.5 Å². The number of unbranched alkanes of at least 4 members (excludes halogenated alkanes) is 4. The molecule has 0 saturated carbocycles. The predicted octanol–water partition coefficient (Wildman–Crippen LogP) is 5.21. The first-order valence-corrected chi connectivity index (χ1v) is 11.7. The third-order valence-corrected chi connectivity index (χ3v) is 5.40. The molecule has 8 nitrogen and oxygen atoms in total. The van der Waals surface area contributed by atoms with Crippen LogP contribution in [0.3, 0.4) is 0 Å². The van der Waals surface area contributed by atoms with Crippen molar-refractivity contribution in [3.63, 3.8) is 0 Å². The zero-order chi connectivity index (χ0) is 24.8. The lowest BCUT2D eigenvalue weighted by Crippen LogP contribution is -2.37. The summed E-state index contributed by atoms with van der Waals surface area (Å²) in [6, 6.07) is 12.4. The highest BCUT2D eigenvalue weighted by atomic mass is 16.5. The molecule has 186 valence electrons. The van der Waals surface area contributed by atoms with E-state index < -0.39 is 5.97 Å². The highest BCUT2D eigenvalue weighted by Gasteiger charge is 2.16. The SMILES string of the molecule is CCCCCCCN(CCc1cccc(OCC(=O)O)c1)C(=O)Nc1ccc(OC)cc1OC. The molecule has 0 unspecified atom stereocenters. The van der Waals surface area contributed by atoms with Crippen LogP contribution in [0.1, 0.15) is 44.6 Å². The summed E-state index contributed by atoms with van der Waals surface area (Å²) in [5, 5.41) is 11.8. The Morgan fingerprint density at radius 2 is 1.74 bits per heavy atom. The molecule has 0 aliphatic heterocycles. The van der Waals surface area contributed by atoms with Gasteiger partial charge in [-0.2, -0.15) is 0 Å². The summed E-state index contributed by atoms with van der Waals surface area (Å²) in [5.41, 5.74) is 1.54. The van der Waals surface area contributed by atoms with Crippen LogP contribution in [-0.2, 0) is 11.2 Å². The number of hydrogen-bond acceptors (Lipinski definition) is 5. The molecule has 2 aromatic rings. The molecule has 0 atom stereocenters. The van der Waals surface area contributed by atoms with E-state index in [2.05, 4.69) is 12.2 Å². The second kappa shape index (κ2) is 14.7. The van der Waals surface area contributed by atoms with Crippen molar-refractivity contribution in [2.75, 3.05) is 39.2 Å². The Morgan fingerprint density at radius 3 is 2.44 bits per heavy atom. The maximum atomic E-state index is 13.2. The molecule has 0 saturated heterocycles. The first-order chi connectivity index (χ1) is 16.5. The number of nitrogens with zero attached hydrogens (tertiary/aromatic N) is 1. The van der Waals surface area contributed by atoms with E-state index in [0.717, 1.165) is 24.8 Å². The van der Waals surface area contributed by atoms with Crippen LogP contribution >= 0.6 is 0 Å². The Balaban J connectivity index is 2.06. The molecule has 8 heteroatoms. The van der Waals surface area contributed by atoms with Crippen molar-refractivity contribution in [2.45, 2.75) is 45.4 Å². The van der Waals surface area contributed by atoms with E-state index in [9.17, 15) is 9.59 Å². The summed E-state index contributed by atoms with van der Waals surface area (Å²) >= 11 is 0. The van der Waals surface area contributed by atoms with Gasteiger partial charge in [0.05, 0.1) is 19.9 Å². The van der Waals surface area contributed by atoms with Crippen LogP contribution in [-0.4, -0.2) is 55.9 Å². The van der Waals surface area contributed by atoms with Crippen molar-refractivity contribution in [3.05, 3.63) is 48.0 Å². The quantitative estimate of drug-likeness (QED) is 0.345. The van der Waals surface area contributed by atoms with Crippen molar-refractivity contribution in [1.82, 2.24) is 4.90 Å². The van der Waals surface area contributed by atoms with Crippen molar-refractivity contribution in [3.8, 4) is 17.2 Å². The van der Waals surface area contributed by atoms with Gasteiger partial charge in [-0.15, -0.1) is 0 Å². The number of carbonyl (C=O) groups excluding carboxylic acids is 1. The van der Waals surface area contributed by atoms with Gasteiger partial charge in [0.15, 0.2) is 6.61 Å². The summed E-state index contributed by atoms with van der Waals surface area (Å²) in [6.07, 6.45) is 6.13. The number of ether oxygens (including phenoxy) is 3. The summed E-state index contributed by atoms with van der Waals surface area (Å²) in [4.78, 5) is 25.7. The average molecular weight is 473 g/mol. The van der Waals surface area contributed by atoms with Crippen LogP contribution in [0.2, 0.25) is 0 Å². The van der Waals surface area contributed by atoms with Crippen LogP contribution in [0.5, 0.6) is 17.2 Å². The number of anilines is 1. The molecule has 0 radical (unpaired) electrons. The van der Waals surface area contributed by atoms with Crippen molar-refractivity contribution in [1.29, 1.82) is 0 Å². The van der Waals surface area contributed by atoms with E-state index in [0.29, 0.717) is 42.4 Å². The molecule has 0 fully saturated rings. The van der Waals surface area contributed by atoms with Crippen LogP contribution in [0, 0.1) is 0 Å². The van der Waals surface area contributed by atoms with E-state index >= 15 is 0 Å². The largest absolute Gasteiger partial charge is 0.497 e.